The van der Waals surface area contributed by atoms with E-state index in [2.05, 4.69) is 118 Å². The Morgan fingerprint density at radius 2 is 0.775 bits per heavy atom. The molecule has 4 heteroatoms. The maximum atomic E-state index is 2.44. The molecule has 0 radical (unpaired) electrons. The number of rotatable bonds is 2. The molecule has 2 atom stereocenters. The molecular formula is C36H38S4+2. The normalized spacial score (nSPS) is 17.9. The smallest absolute Gasteiger partial charge is 0.0792 e. The lowest BCUT2D eigenvalue weighted by Crippen LogP contribution is -2.21. The quantitative estimate of drug-likeness (QED) is 0.211. The van der Waals surface area contributed by atoms with Gasteiger partial charge in [0.1, 0.15) is 21.8 Å². The van der Waals surface area contributed by atoms with E-state index in [9.17, 15) is 0 Å². The van der Waals surface area contributed by atoms with Gasteiger partial charge in [0.05, 0.1) is 19.6 Å². The van der Waals surface area contributed by atoms with E-state index in [1.54, 1.807) is 9.79 Å². The zero-order valence-electron chi connectivity index (χ0n) is 25.3. The van der Waals surface area contributed by atoms with Crippen LogP contribution in [-0.4, -0.2) is 0 Å². The van der Waals surface area contributed by atoms with Crippen molar-refractivity contribution in [2.24, 2.45) is 0 Å². The lowest BCUT2D eigenvalue weighted by atomic mass is 9.99. The Hall–Kier alpha value is -1.98. The molecule has 0 saturated carbocycles. The average molecular weight is 599 g/mol. The zero-order chi connectivity index (χ0) is 28.6. The summed E-state index contributed by atoms with van der Waals surface area (Å²) in [6, 6.07) is 18.3. The van der Waals surface area contributed by atoms with Gasteiger partial charge < -0.3 is 0 Å². The van der Waals surface area contributed by atoms with Gasteiger partial charge in [-0.1, -0.05) is 47.8 Å². The molecule has 0 fully saturated rings. The van der Waals surface area contributed by atoms with Gasteiger partial charge in [-0.25, -0.2) is 0 Å². The van der Waals surface area contributed by atoms with Crippen molar-refractivity contribution in [3.63, 3.8) is 0 Å². The van der Waals surface area contributed by atoms with Crippen LogP contribution in [0, 0.1) is 55.4 Å². The summed E-state index contributed by atoms with van der Waals surface area (Å²) in [5, 5.41) is 0. The van der Waals surface area contributed by atoms with Crippen LogP contribution in [0.3, 0.4) is 0 Å². The van der Waals surface area contributed by atoms with Crippen molar-refractivity contribution >= 4 is 45.3 Å². The van der Waals surface area contributed by atoms with Gasteiger partial charge in [-0.05, 0) is 113 Å². The number of fused-ring (bicyclic) bond motifs is 4. The van der Waals surface area contributed by atoms with Gasteiger partial charge in [-0.3, -0.25) is 0 Å². The third-order valence-corrected chi connectivity index (χ3v) is 17.7. The van der Waals surface area contributed by atoms with Crippen LogP contribution in [0.4, 0.5) is 0 Å². The minimum Gasteiger partial charge on any atom is -0.0792 e. The second-order valence-corrected chi connectivity index (χ2v) is 17.4. The van der Waals surface area contributed by atoms with E-state index in [0.717, 1.165) is 0 Å². The fourth-order valence-electron chi connectivity index (χ4n) is 5.99. The van der Waals surface area contributed by atoms with E-state index in [-0.39, 0.29) is 21.8 Å². The first-order chi connectivity index (χ1) is 19.0. The molecule has 2 aliphatic rings. The Bertz CT molecular complexity index is 1630. The first-order valence-electron chi connectivity index (χ1n) is 13.9. The van der Waals surface area contributed by atoms with Crippen LogP contribution in [0.2, 0.25) is 0 Å². The summed E-state index contributed by atoms with van der Waals surface area (Å²) in [4.78, 5) is 14.9. The van der Waals surface area contributed by atoms with Gasteiger partial charge in [-0.15, -0.1) is 0 Å². The predicted octanol–water partition coefficient (Wildman–Crippen LogP) is 11.1. The third-order valence-electron chi connectivity index (χ3n) is 9.23. The summed E-state index contributed by atoms with van der Waals surface area (Å²) in [5.41, 5.74) is 11.6. The molecular weight excluding hydrogens is 561 g/mol. The van der Waals surface area contributed by atoms with E-state index < -0.39 is 0 Å². The van der Waals surface area contributed by atoms with Crippen LogP contribution in [0.25, 0.3) is 0 Å². The van der Waals surface area contributed by atoms with Gasteiger partial charge in [0.15, 0.2) is 29.4 Å². The van der Waals surface area contributed by atoms with Crippen molar-refractivity contribution in [2.45, 2.75) is 108 Å². The second kappa shape index (κ2) is 10.4. The van der Waals surface area contributed by atoms with Crippen molar-refractivity contribution in [3.05, 3.63) is 103 Å². The Balaban J connectivity index is 1.67. The third kappa shape index (κ3) is 4.08. The molecule has 6 rings (SSSR count). The van der Waals surface area contributed by atoms with Crippen molar-refractivity contribution in [1.82, 2.24) is 0 Å². The highest BCUT2D eigenvalue weighted by atomic mass is 32.2. The molecule has 40 heavy (non-hydrogen) atoms. The minimum absolute atomic E-state index is 0.128. The molecule has 4 aromatic carbocycles. The van der Waals surface area contributed by atoms with E-state index in [0.29, 0.717) is 0 Å². The summed E-state index contributed by atoms with van der Waals surface area (Å²) in [5.74, 6) is 0. The Morgan fingerprint density at radius 3 is 1.15 bits per heavy atom. The number of allylic oxidation sites excluding steroid dienone is 2. The Kier molecular flexibility index (Phi) is 7.31. The highest BCUT2D eigenvalue weighted by Crippen LogP contribution is 2.55. The summed E-state index contributed by atoms with van der Waals surface area (Å²) < 4.78 is 0. The van der Waals surface area contributed by atoms with Crippen molar-refractivity contribution in [1.29, 1.82) is 0 Å². The molecule has 0 aliphatic carbocycles. The highest BCUT2D eigenvalue weighted by Gasteiger charge is 2.48. The standard InChI is InChI=1S/C36H38S4/c1-19-21(3)25(7)35-33(23(19)5)37-29-15-11-13-17-31(29)39(35)27(9)28(10)40-32-18-14-12-16-30(32)38-34-24(6)20(2)22(4)26(8)36(34)40/h11-18H,1-10H3/q+2/b28-27+. The first-order valence-corrected chi connectivity index (χ1v) is 18.0. The summed E-state index contributed by atoms with van der Waals surface area (Å²) in [6.07, 6.45) is 0. The lowest BCUT2D eigenvalue weighted by molar-refractivity contribution is 1.01. The van der Waals surface area contributed by atoms with Crippen LogP contribution in [0.15, 0.2) is 97.5 Å². The first kappa shape index (κ1) is 28.2. The zero-order valence-corrected chi connectivity index (χ0v) is 28.5. The van der Waals surface area contributed by atoms with Crippen LogP contribution in [0.1, 0.15) is 58.4 Å². The lowest BCUT2D eigenvalue weighted by Gasteiger charge is -2.27. The van der Waals surface area contributed by atoms with Crippen molar-refractivity contribution < 1.29 is 0 Å². The van der Waals surface area contributed by atoms with Crippen molar-refractivity contribution in [2.75, 3.05) is 0 Å². The Morgan fingerprint density at radius 1 is 0.450 bits per heavy atom. The fraction of sp³-hybridized carbons (Fsp3) is 0.278. The van der Waals surface area contributed by atoms with Gasteiger partial charge in [0.2, 0.25) is 0 Å². The molecule has 0 amide bonds. The molecule has 2 heterocycles. The number of benzene rings is 4. The Labute approximate surface area is 255 Å². The topological polar surface area (TPSA) is 0 Å². The molecule has 0 saturated heterocycles. The van der Waals surface area contributed by atoms with Crippen LogP contribution < -0.4 is 0 Å². The van der Waals surface area contributed by atoms with E-state index >= 15 is 0 Å². The van der Waals surface area contributed by atoms with Gasteiger partial charge in [0.25, 0.3) is 0 Å². The molecule has 0 nitrogen and oxygen atoms in total. The summed E-state index contributed by atoms with van der Waals surface area (Å²) >= 11 is 3.97. The van der Waals surface area contributed by atoms with E-state index in [1.165, 1.54) is 83.7 Å². The molecule has 0 N–H and O–H groups in total. The van der Waals surface area contributed by atoms with Crippen LogP contribution >= 0.6 is 23.5 Å². The molecule has 0 bridgehead atoms. The average Bonchev–Trinajstić information content (AvgIpc) is 2.97. The molecule has 4 aromatic rings. The molecule has 2 aliphatic heterocycles. The fourth-order valence-corrected chi connectivity index (χ4v) is 15.0. The summed E-state index contributed by atoms with van der Waals surface area (Å²) in [6.45, 7) is 23.5. The van der Waals surface area contributed by atoms with Crippen LogP contribution in [0.5, 0.6) is 0 Å². The van der Waals surface area contributed by atoms with E-state index in [1.807, 2.05) is 23.5 Å². The largest absolute Gasteiger partial charge is 0.191 e. The van der Waals surface area contributed by atoms with Gasteiger partial charge in [0, 0.05) is 25.0 Å². The molecule has 0 aromatic heterocycles. The van der Waals surface area contributed by atoms with Gasteiger partial charge in [-0.2, -0.15) is 0 Å². The predicted molar refractivity (Wildman–Crippen MR) is 178 cm³/mol. The highest BCUT2D eigenvalue weighted by molar-refractivity contribution is 8.08. The molecule has 0 spiro atoms. The second-order valence-electron chi connectivity index (χ2n) is 11.1. The maximum Gasteiger partial charge on any atom is 0.191 e. The monoisotopic (exact) mass is 598 g/mol. The maximum absolute atomic E-state index is 2.44. The van der Waals surface area contributed by atoms with E-state index in [4.69, 9.17) is 0 Å². The molecule has 2 unspecified atom stereocenters. The number of hydrogen-bond donors (Lipinski definition) is 0. The molecule has 204 valence electrons. The van der Waals surface area contributed by atoms with Gasteiger partial charge >= 0.3 is 0 Å². The number of hydrogen-bond acceptors (Lipinski definition) is 2. The minimum atomic E-state index is -0.128. The van der Waals surface area contributed by atoms with Crippen molar-refractivity contribution in [3.8, 4) is 0 Å². The SMILES string of the molecule is C/C(=C(/C)[S+]1c2ccccc2Sc2c(C)c(C)c(C)c(C)c21)[S+]1c2ccccc2Sc2c(C)c(C)c(C)c(C)c21. The summed E-state index contributed by atoms with van der Waals surface area (Å²) in [7, 11) is -0.256. The van der Waals surface area contributed by atoms with Crippen LogP contribution in [-0.2, 0) is 21.8 Å².